The van der Waals surface area contributed by atoms with Crippen molar-refractivity contribution >= 4 is 22.2 Å². The maximum Gasteiger partial charge on any atom is 0.222 e. The number of hydrogen-bond acceptors (Lipinski definition) is 3. The maximum absolute atomic E-state index is 13.5. The Labute approximate surface area is 112 Å². The summed E-state index contributed by atoms with van der Waals surface area (Å²) in [6, 6.07) is 6.03. The van der Waals surface area contributed by atoms with Gasteiger partial charge in [0.1, 0.15) is 0 Å². The molecule has 0 spiro atoms. The van der Waals surface area contributed by atoms with Gasteiger partial charge >= 0.3 is 0 Å². The molecule has 1 aromatic heterocycles. The predicted octanol–water partition coefficient (Wildman–Crippen LogP) is 3.90. The Morgan fingerprint density at radius 1 is 1.39 bits per heavy atom. The number of aldehydes is 1. The number of benzene rings is 1. The third-order valence-corrected chi connectivity index (χ3v) is 2.78. The van der Waals surface area contributed by atoms with Gasteiger partial charge in [-0.25, -0.2) is 9.37 Å². The summed E-state index contributed by atoms with van der Waals surface area (Å²) in [6.45, 7) is 1.74. The van der Waals surface area contributed by atoms with Crippen molar-refractivity contribution < 1.29 is 13.9 Å². The monoisotopic (exact) mass is 309 g/mol. The summed E-state index contributed by atoms with van der Waals surface area (Å²) in [5.74, 6) is -0.115. The fourth-order valence-corrected chi connectivity index (χ4v) is 1.75. The Morgan fingerprint density at radius 2 is 2.17 bits per heavy atom. The van der Waals surface area contributed by atoms with Gasteiger partial charge in [0, 0.05) is 21.8 Å². The molecule has 0 aliphatic rings. The highest BCUT2D eigenvalue weighted by atomic mass is 79.9. The van der Waals surface area contributed by atoms with Gasteiger partial charge in [0.2, 0.25) is 5.88 Å². The van der Waals surface area contributed by atoms with Crippen LogP contribution in [0.3, 0.4) is 0 Å². The number of carbonyl (C=O) groups is 1. The average Bonchev–Trinajstić information content (AvgIpc) is 2.36. The molecule has 0 N–H and O–H groups in total. The summed E-state index contributed by atoms with van der Waals surface area (Å²) in [5, 5.41) is 0. The average molecular weight is 310 g/mol. The van der Waals surface area contributed by atoms with Crippen LogP contribution in [-0.2, 0) is 0 Å². The molecule has 0 bridgehead atoms. The highest BCUT2D eigenvalue weighted by Crippen LogP contribution is 2.28. The minimum atomic E-state index is -0.473. The molecule has 92 valence electrons. The number of pyridine rings is 1. The van der Waals surface area contributed by atoms with Gasteiger partial charge in [-0.2, -0.15) is 0 Å². The van der Waals surface area contributed by atoms with Crippen LogP contribution < -0.4 is 4.74 Å². The molecule has 0 saturated heterocycles. The van der Waals surface area contributed by atoms with Crippen LogP contribution in [0, 0.1) is 12.7 Å². The molecule has 2 aromatic rings. The summed E-state index contributed by atoms with van der Waals surface area (Å²) >= 11 is 3.24. The Bertz CT molecular complexity index is 602. The number of rotatable bonds is 3. The number of nitrogens with zero attached hydrogens (tertiary/aromatic N) is 1. The molecule has 2 rings (SSSR count). The smallest absolute Gasteiger partial charge is 0.222 e. The first-order valence-electron chi connectivity index (χ1n) is 5.15. The molecule has 0 unspecified atom stereocenters. The summed E-state index contributed by atoms with van der Waals surface area (Å²) < 4.78 is 19.6. The van der Waals surface area contributed by atoms with Crippen LogP contribution >= 0.6 is 15.9 Å². The lowest BCUT2D eigenvalue weighted by Crippen LogP contribution is -1.95. The molecule has 1 aromatic carbocycles. The van der Waals surface area contributed by atoms with E-state index in [9.17, 15) is 9.18 Å². The van der Waals surface area contributed by atoms with Crippen LogP contribution in [0.1, 0.15) is 15.9 Å². The van der Waals surface area contributed by atoms with E-state index in [-0.39, 0.29) is 11.6 Å². The topological polar surface area (TPSA) is 39.2 Å². The van der Waals surface area contributed by atoms with E-state index in [1.54, 1.807) is 19.1 Å². The number of aryl methyl sites for hydroxylation is 1. The quantitative estimate of drug-likeness (QED) is 0.807. The molecule has 0 aliphatic heterocycles. The van der Waals surface area contributed by atoms with Crippen molar-refractivity contribution in [2.75, 3.05) is 0 Å². The standard InChI is InChI=1S/C13H9BrFNO2/c1-8-4-9(7-17)6-16-13(8)18-12-5-10(14)2-3-11(12)15/h2-7H,1H3. The van der Waals surface area contributed by atoms with Gasteiger partial charge in [-0.05, 0) is 31.2 Å². The Balaban J connectivity index is 2.34. The molecule has 0 atom stereocenters. The van der Waals surface area contributed by atoms with E-state index in [0.29, 0.717) is 21.9 Å². The van der Waals surface area contributed by atoms with Crippen molar-refractivity contribution in [1.29, 1.82) is 0 Å². The van der Waals surface area contributed by atoms with Crippen LogP contribution in [0.25, 0.3) is 0 Å². The Hall–Kier alpha value is -1.75. The second kappa shape index (κ2) is 5.27. The van der Waals surface area contributed by atoms with Crippen molar-refractivity contribution in [3.8, 4) is 11.6 Å². The predicted molar refractivity (Wildman–Crippen MR) is 68.5 cm³/mol. The van der Waals surface area contributed by atoms with Crippen molar-refractivity contribution in [2.24, 2.45) is 0 Å². The van der Waals surface area contributed by atoms with E-state index in [1.807, 2.05) is 0 Å². The van der Waals surface area contributed by atoms with E-state index < -0.39 is 5.82 Å². The van der Waals surface area contributed by atoms with Gasteiger partial charge in [-0.15, -0.1) is 0 Å². The van der Waals surface area contributed by atoms with Crippen LogP contribution in [-0.4, -0.2) is 11.3 Å². The van der Waals surface area contributed by atoms with E-state index >= 15 is 0 Å². The van der Waals surface area contributed by atoms with Gasteiger partial charge in [-0.3, -0.25) is 4.79 Å². The fraction of sp³-hybridized carbons (Fsp3) is 0.0769. The summed E-state index contributed by atoms with van der Waals surface area (Å²) in [7, 11) is 0. The van der Waals surface area contributed by atoms with Gasteiger partial charge in [0.15, 0.2) is 17.9 Å². The van der Waals surface area contributed by atoms with Crippen LogP contribution in [0.4, 0.5) is 4.39 Å². The van der Waals surface area contributed by atoms with Gasteiger partial charge in [0.25, 0.3) is 0 Å². The third kappa shape index (κ3) is 2.73. The van der Waals surface area contributed by atoms with E-state index in [0.717, 1.165) is 0 Å². The Kier molecular flexibility index (Phi) is 3.72. The molecular formula is C13H9BrFNO2. The van der Waals surface area contributed by atoms with Crippen molar-refractivity contribution in [3.05, 3.63) is 51.9 Å². The highest BCUT2D eigenvalue weighted by Gasteiger charge is 2.09. The third-order valence-electron chi connectivity index (χ3n) is 2.29. The molecule has 5 heteroatoms. The second-order valence-corrected chi connectivity index (χ2v) is 4.60. The molecule has 0 saturated carbocycles. The number of hydrogen-bond donors (Lipinski definition) is 0. The summed E-state index contributed by atoms with van der Waals surface area (Å²) in [6.07, 6.45) is 2.08. The molecule has 0 radical (unpaired) electrons. The zero-order chi connectivity index (χ0) is 13.1. The number of aromatic nitrogens is 1. The SMILES string of the molecule is Cc1cc(C=O)cnc1Oc1cc(Br)ccc1F. The van der Waals surface area contributed by atoms with Crippen molar-refractivity contribution in [2.45, 2.75) is 6.92 Å². The number of ether oxygens (including phenoxy) is 1. The van der Waals surface area contributed by atoms with E-state index in [2.05, 4.69) is 20.9 Å². The first kappa shape index (κ1) is 12.7. The zero-order valence-corrected chi connectivity index (χ0v) is 11.1. The summed E-state index contributed by atoms with van der Waals surface area (Å²) in [4.78, 5) is 14.6. The minimum Gasteiger partial charge on any atom is -0.436 e. The van der Waals surface area contributed by atoms with Crippen molar-refractivity contribution in [3.63, 3.8) is 0 Å². The van der Waals surface area contributed by atoms with Gasteiger partial charge < -0.3 is 4.74 Å². The lowest BCUT2D eigenvalue weighted by atomic mass is 10.2. The Morgan fingerprint density at radius 3 is 2.83 bits per heavy atom. The number of halogens is 2. The van der Waals surface area contributed by atoms with Crippen molar-refractivity contribution in [1.82, 2.24) is 4.98 Å². The molecular weight excluding hydrogens is 301 g/mol. The van der Waals surface area contributed by atoms with Crippen LogP contribution in [0.5, 0.6) is 11.6 Å². The lowest BCUT2D eigenvalue weighted by Gasteiger charge is -2.08. The largest absolute Gasteiger partial charge is 0.436 e. The minimum absolute atomic E-state index is 0.0822. The number of carbonyl (C=O) groups excluding carboxylic acids is 1. The van der Waals surface area contributed by atoms with Gasteiger partial charge in [-0.1, -0.05) is 15.9 Å². The zero-order valence-electron chi connectivity index (χ0n) is 9.48. The van der Waals surface area contributed by atoms with Crippen LogP contribution in [0.15, 0.2) is 34.9 Å². The molecule has 3 nitrogen and oxygen atoms in total. The van der Waals surface area contributed by atoms with E-state index in [1.165, 1.54) is 18.3 Å². The molecule has 1 heterocycles. The molecule has 18 heavy (non-hydrogen) atoms. The van der Waals surface area contributed by atoms with Crippen LogP contribution in [0.2, 0.25) is 0 Å². The second-order valence-electron chi connectivity index (χ2n) is 3.69. The maximum atomic E-state index is 13.5. The molecule has 0 aliphatic carbocycles. The first-order chi connectivity index (χ1) is 8.60. The lowest BCUT2D eigenvalue weighted by molar-refractivity contribution is 0.112. The highest BCUT2D eigenvalue weighted by molar-refractivity contribution is 9.10. The molecule has 0 amide bonds. The fourth-order valence-electron chi connectivity index (χ4n) is 1.41. The summed E-state index contributed by atoms with van der Waals surface area (Å²) in [5.41, 5.74) is 1.12. The first-order valence-corrected chi connectivity index (χ1v) is 5.94. The molecule has 0 fully saturated rings. The normalized spacial score (nSPS) is 10.2. The van der Waals surface area contributed by atoms with Gasteiger partial charge in [0.05, 0.1) is 0 Å². The van der Waals surface area contributed by atoms with E-state index in [4.69, 9.17) is 4.74 Å².